The molecule has 3 aromatic rings. The van der Waals surface area contributed by atoms with E-state index in [2.05, 4.69) is 58.2 Å². The van der Waals surface area contributed by atoms with Gasteiger partial charge in [-0.25, -0.2) is 4.68 Å². The first-order valence-electron chi connectivity index (χ1n) is 13.7. The molecule has 1 saturated heterocycles. The SMILES string of the molecule is CC(=O)N1CCN(C(=O)CN2C(=O)CSC(c3cccs3)c3c(C(C)(C)C)nn(-c4ccc(C)cc4C)c32)CC1. The number of carbonyl (C=O) groups excluding carboxylic acids is 3. The summed E-state index contributed by atoms with van der Waals surface area (Å²) >= 11 is 3.28. The summed E-state index contributed by atoms with van der Waals surface area (Å²) in [5, 5.41) is 7.19. The van der Waals surface area contributed by atoms with Crippen molar-refractivity contribution in [2.24, 2.45) is 0 Å². The van der Waals surface area contributed by atoms with Crippen LogP contribution in [0.5, 0.6) is 0 Å². The van der Waals surface area contributed by atoms with E-state index in [-0.39, 0.29) is 40.7 Å². The second-order valence-electron chi connectivity index (χ2n) is 11.6. The lowest BCUT2D eigenvalue weighted by atomic mass is 9.88. The molecule has 2 aliphatic rings. The lowest BCUT2D eigenvalue weighted by molar-refractivity contribution is -0.137. The second-order valence-corrected chi connectivity index (χ2v) is 13.7. The Balaban J connectivity index is 1.65. The summed E-state index contributed by atoms with van der Waals surface area (Å²) in [6.07, 6.45) is 0. The smallest absolute Gasteiger partial charge is 0.242 e. The van der Waals surface area contributed by atoms with Gasteiger partial charge in [0.25, 0.3) is 0 Å². The Labute approximate surface area is 244 Å². The third-order valence-corrected chi connectivity index (χ3v) is 9.88. The monoisotopic (exact) mass is 579 g/mol. The number of thiophene rings is 1. The standard InChI is InChI=1S/C30H37N5O3S2/c1-19-9-10-22(20(2)16-19)35-29-26(28(31-35)30(4,5)6)27(23-8-7-15-39-23)40-18-25(38)34(29)17-24(37)33-13-11-32(12-14-33)21(3)36/h7-10,15-16,27H,11-14,17-18H2,1-6H3. The van der Waals surface area contributed by atoms with Crippen LogP contribution < -0.4 is 4.90 Å². The minimum Gasteiger partial charge on any atom is -0.339 e. The molecule has 1 fully saturated rings. The number of hydrogen-bond acceptors (Lipinski definition) is 6. The Kier molecular flexibility index (Phi) is 7.85. The molecule has 212 valence electrons. The van der Waals surface area contributed by atoms with Gasteiger partial charge in [0.2, 0.25) is 17.7 Å². The van der Waals surface area contributed by atoms with Gasteiger partial charge in [-0.05, 0) is 36.9 Å². The van der Waals surface area contributed by atoms with Crippen molar-refractivity contribution >= 4 is 46.6 Å². The van der Waals surface area contributed by atoms with Gasteiger partial charge in [0.15, 0.2) is 0 Å². The van der Waals surface area contributed by atoms with E-state index in [1.54, 1.807) is 44.7 Å². The molecule has 1 atom stereocenters. The summed E-state index contributed by atoms with van der Waals surface area (Å²) in [7, 11) is 0. The molecule has 3 amide bonds. The average molecular weight is 580 g/mol. The highest BCUT2D eigenvalue weighted by molar-refractivity contribution is 8.00. The number of anilines is 1. The number of carbonyl (C=O) groups is 3. The quantitative estimate of drug-likeness (QED) is 0.448. The Hall–Kier alpha value is -3.11. The fourth-order valence-corrected chi connectivity index (χ4v) is 7.63. The molecule has 0 bridgehead atoms. The van der Waals surface area contributed by atoms with Gasteiger partial charge in [-0.2, -0.15) is 5.10 Å². The molecule has 0 N–H and O–H groups in total. The molecule has 0 spiro atoms. The first-order chi connectivity index (χ1) is 19.0. The maximum absolute atomic E-state index is 13.9. The number of rotatable bonds is 4. The molecule has 8 nitrogen and oxygen atoms in total. The van der Waals surface area contributed by atoms with E-state index < -0.39 is 0 Å². The van der Waals surface area contributed by atoms with Crippen LogP contribution in [0.3, 0.4) is 0 Å². The summed E-state index contributed by atoms with van der Waals surface area (Å²) in [5.41, 5.74) is 4.73. The van der Waals surface area contributed by atoms with E-state index in [1.165, 1.54) is 4.88 Å². The van der Waals surface area contributed by atoms with Crippen molar-refractivity contribution in [1.29, 1.82) is 0 Å². The van der Waals surface area contributed by atoms with Gasteiger partial charge in [0, 0.05) is 49.0 Å². The van der Waals surface area contributed by atoms with E-state index >= 15 is 0 Å². The van der Waals surface area contributed by atoms with Crippen LogP contribution in [0.1, 0.15) is 60.2 Å². The molecule has 1 aromatic carbocycles. The summed E-state index contributed by atoms with van der Waals surface area (Å²) < 4.78 is 1.90. The van der Waals surface area contributed by atoms with Crippen LogP contribution in [0.25, 0.3) is 5.69 Å². The van der Waals surface area contributed by atoms with Crippen LogP contribution in [0.15, 0.2) is 35.7 Å². The Morgan fingerprint density at radius 3 is 2.35 bits per heavy atom. The highest BCUT2D eigenvalue weighted by atomic mass is 32.2. The number of nitrogens with zero attached hydrogens (tertiary/aromatic N) is 5. The zero-order valence-corrected chi connectivity index (χ0v) is 25.7. The van der Waals surface area contributed by atoms with Crippen LogP contribution in [0, 0.1) is 13.8 Å². The fraction of sp³-hybridized carbons (Fsp3) is 0.467. The van der Waals surface area contributed by atoms with Gasteiger partial charge in [-0.15, -0.1) is 23.1 Å². The predicted octanol–water partition coefficient (Wildman–Crippen LogP) is 4.71. The largest absolute Gasteiger partial charge is 0.339 e. The van der Waals surface area contributed by atoms with Crippen LogP contribution in [0.2, 0.25) is 0 Å². The third kappa shape index (κ3) is 5.43. The molecule has 40 heavy (non-hydrogen) atoms. The maximum Gasteiger partial charge on any atom is 0.242 e. The van der Waals surface area contributed by atoms with E-state index in [4.69, 9.17) is 5.10 Å². The number of hydrogen-bond donors (Lipinski definition) is 0. The van der Waals surface area contributed by atoms with Crippen molar-refractivity contribution in [3.63, 3.8) is 0 Å². The van der Waals surface area contributed by atoms with Crippen molar-refractivity contribution in [3.05, 3.63) is 63.0 Å². The molecule has 0 radical (unpaired) electrons. The molecule has 10 heteroatoms. The van der Waals surface area contributed by atoms with Gasteiger partial charge in [-0.1, -0.05) is 44.5 Å². The Morgan fingerprint density at radius 1 is 1.05 bits per heavy atom. The summed E-state index contributed by atoms with van der Waals surface area (Å²) in [6, 6.07) is 10.4. The number of benzene rings is 1. The van der Waals surface area contributed by atoms with Gasteiger partial charge in [0.05, 0.1) is 22.4 Å². The Morgan fingerprint density at radius 2 is 1.75 bits per heavy atom. The summed E-state index contributed by atoms with van der Waals surface area (Å²) in [4.78, 5) is 45.7. The molecule has 5 rings (SSSR count). The molecule has 0 aliphatic carbocycles. The first kappa shape index (κ1) is 28.4. The number of thioether (sulfide) groups is 1. The lowest BCUT2D eigenvalue weighted by Gasteiger charge is -2.35. The normalized spacial score (nSPS) is 18.1. The first-order valence-corrected chi connectivity index (χ1v) is 15.6. The van der Waals surface area contributed by atoms with Crippen LogP contribution in [0.4, 0.5) is 5.82 Å². The fourth-order valence-electron chi connectivity index (χ4n) is 5.46. The van der Waals surface area contributed by atoms with E-state index in [9.17, 15) is 14.4 Å². The van der Waals surface area contributed by atoms with Crippen molar-refractivity contribution < 1.29 is 14.4 Å². The predicted molar refractivity (Wildman–Crippen MR) is 162 cm³/mol. The molecule has 1 unspecified atom stereocenters. The van der Waals surface area contributed by atoms with Crippen molar-refractivity contribution in [3.8, 4) is 5.69 Å². The average Bonchev–Trinajstić information content (AvgIpc) is 3.54. The van der Waals surface area contributed by atoms with Crippen molar-refractivity contribution in [2.45, 2.75) is 52.2 Å². The zero-order valence-electron chi connectivity index (χ0n) is 24.1. The molecular weight excluding hydrogens is 542 g/mol. The van der Waals surface area contributed by atoms with E-state index in [1.807, 2.05) is 16.8 Å². The lowest BCUT2D eigenvalue weighted by Crippen LogP contribution is -2.53. The van der Waals surface area contributed by atoms with E-state index in [0.717, 1.165) is 28.1 Å². The Bertz CT molecular complexity index is 1430. The zero-order chi connectivity index (χ0) is 28.8. The molecular formula is C30H37N5O3S2. The van der Waals surface area contributed by atoms with Crippen molar-refractivity contribution in [2.75, 3.05) is 43.4 Å². The molecule has 2 aromatic heterocycles. The maximum atomic E-state index is 13.9. The highest BCUT2D eigenvalue weighted by Crippen LogP contribution is 2.49. The van der Waals surface area contributed by atoms with Crippen LogP contribution >= 0.6 is 23.1 Å². The highest BCUT2D eigenvalue weighted by Gasteiger charge is 2.41. The summed E-state index contributed by atoms with van der Waals surface area (Å²) in [5.74, 6) is 0.739. The molecule has 2 aliphatic heterocycles. The number of aryl methyl sites for hydroxylation is 2. The van der Waals surface area contributed by atoms with E-state index in [0.29, 0.717) is 32.0 Å². The number of amides is 3. The molecule has 4 heterocycles. The van der Waals surface area contributed by atoms with Gasteiger partial charge in [0.1, 0.15) is 12.4 Å². The topological polar surface area (TPSA) is 78.8 Å². The van der Waals surface area contributed by atoms with Crippen LogP contribution in [-0.2, 0) is 19.8 Å². The minimum atomic E-state index is -0.296. The summed E-state index contributed by atoms with van der Waals surface area (Å²) in [6.45, 7) is 14.0. The van der Waals surface area contributed by atoms with Crippen molar-refractivity contribution in [1.82, 2.24) is 19.6 Å². The third-order valence-electron chi connectivity index (χ3n) is 7.55. The number of fused-ring (bicyclic) bond motifs is 1. The van der Waals surface area contributed by atoms with Gasteiger partial charge in [-0.3, -0.25) is 19.3 Å². The minimum absolute atomic E-state index is 0.0168. The number of aromatic nitrogens is 2. The van der Waals surface area contributed by atoms with Gasteiger partial charge >= 0.3 is 0 Å². The molecule has 0 saturated carbocycles. The second kappa shape index (κ2) is 11.0. The number of piperazine rings is 1. The van der Waals surface area contributed by atoms with Gasteiger partial charge < -0.3 is 9.80 Å². The van der Waals surface area contributed by atoms with Crippen LogP contribution in [-0.4, -0.2) is 75.8 Å².